The van der Waals surface area contributed by atoms with Gasteiger partial charge in [-0.1, -0.05) is 12.1 Å². The highest BCUT2D eigenvalue weighted by atomic mass is 19.4. The Morgan fingerprint density at radius 1 is 1.17 bits per heavy atom. The second-order valence-corrected chi connectivity index (χ2v) is 3.48. The fourth-order valence-corrected chi connectivity index (χ4v) is 1.37. The second-order valence-electron chi connectivity index (χ2n) is 3.48. The van der Waals surface area contributed by atoms with Crippen molar-refractivity contribution < 1.29 is 23.1 Å². The van der Waals surface area contributed by atoms with Gasteiger partial charge in [0.15, 0.2) is 5.69 Å². The molecular weight excluding hydrogens is 249 g/mol. The largest absolute Gasteiger partial charge is 0.545 e. The van der Waals surface area contributed by atoms with E-state index in [0.717, 1.165) is 16.9 Å². The molecule has 0 bridgehead atoms. The number of hydrogen-bond donors (Lipinski definition) is 0. The van der Waals surface area contributed by atoms with E-state index in [1.54, 1.807) is 0 Å². The Morgan fingerprint density at radius 2 is 1.78 bits per heavy atom. The van der Waals surface area contributed by atoms with E-state index < -0.39 is 17.8 Å². The summed E-state index contributed by atoms with van der Waals surface area (Å²) in [5.41, 5.74) is -0.732. The molecule has 2 rings (SSSR count). The molecule has 1 aromatic heterocycles. The van der Waals surface area contributed by atoms with Gasteiger partial charge < -0.3 is 9.90 Å². The number of benzene rings is 1. The summed E-state index contributed by atoms with van der Waals surface area (Å²) >= 11 is 0. The molecule has 0 aliphatic carbocycles. The van der Waals surface area contributed by atoms with Crippen molar-refractivity contribution >= 4 is 5.97 Å². The molecule has 0 aliphatic heterocycles. The number of halogens is 3. The summed E-state index contributed by atoms with van der Waals surface area (Å²) in [5, 5.41) is 13.9. The molecule has 2 aromatic rings. The van der Waals surface area contributed by atoms with Crippen molar-refractivity contribution in [2.75, 3.05) is 0 Å². The number of carbonyl (C=O) groups is 1. The first-order chi connectivity index (χ1) is 8.38. The summed E-state index contributed by atoms with van der Waals surface area (Å²) in [6, 6.07) is 6.00. The first-order valence-electron chi connectivity index (χ1n) is 4.82. The minimum Gasteiger partial charge on any atom is -0.545 e. The van der Waals surface area contributed by atoms with Crippen LogP contribution >= 0.6 is 0 Å². The maximum atomic E-state index is 12.3. The first-order valence-corrected chi connectivity index (χ1v) is 4.82. The van der Waals surface area contributed by atoms with Gasteiger partial charge >= 0.3 is 6.18 Å². The first kappa shape index (κ1) is 12.2. The van der Waals surface area contributed by atoms with E-state index in [2.05, 4.69) is 5.10 Å². The summed E-state index contributed by atoms with van der Waals surface area (Å²) in [6.07, 6.45) is -3.35. The maximum absolute atomic E-state index is 12.3. The third kappa shape index (κ3) is 2.34. The number of rotatable bonds is 2. The third-order valence-electron chi connectivity index (χ3n) is 2.25. The Bertz CT molecular complexity index is 573. The zero-order chi connectivity index (χ0) is 13.3. The van der Waals surface area contributed by atoms with Crippen molar-refractivity contribution in [3.63, 3.8) is 0 Å². The van der Waals surface area contributed by atoms with Crippen LogP contribution in [0.5, 0.6) is 0 Å². The van der Waals surface area contributed by atoms with Crippen LogP contribution in [-0.2, 0) is 6.18 Å². The molecule has 7 heteroatoms. The standard InChI is InChI=1S/C11H7F3N2O2/c12-11(13,14)9-5-6-16(15-9)8-3-1-7(2-4-8)10(17)18/h1-6H,(H,17,18)/p-1. The monoisotopic (exact) mass is 255 g/mol. The van der Waals surface area contributed by atoms with Gasteiger partial charge in [-0.25, -0.2) is 4.68 Å². The minimum atomic E-state index is -4.50. The van der Waals surface area contributed by atoms with Gasteiger partial charge in [-0.2, -0.15) is 18.3 Å². The molecule has 0 aliphatic rings. The Labute approximate surface area is 99.3 Å². The van der Waals surface area contributed by atoms with Crippen molar-refractivity contribution in [1.82, 2.24) is 9.78 Å². The van der Waals surface area contributed by atoms with Crippen molar-refractivity contribution in [3.8, 4) is 5.69 Å². The summed E-state index contributed by atoms with van der Waals surface area (Å²) in [5.74, 6) is -1.35. The van der Waals surface area contributed by atoms with Crippen LogP contribution in [0.25, 0.3) is 5.69 Å². The van der Waals surface area contributed by atoms with E-state index in [9.17, 15) is 23.1 Å². The van der Waals surface area contributed by atoms with Crippen molar-refractivity contribution in [1.29, 1.82) is 0 Å². The predicted molar refractivity (Wildman–Crippen MR) is 52.9 cm³/mol. The quantitative estimate of drug-likeness (QED) is 0.811. The number of nitrogens with zero attached hydrogens (tertiary/aromatic N) is 2. The molecule has 0 unspecified atom stereocenters. The van der Waals surface area contributed by atoms with Gasteiger partial charge in [0.1, 0.15) is 0 Å². The van der Waals surface area contributed by atoms with Gasteiger partial charge in [-0.05, 0) is 23.8 Å². The lowest BCUT2D eigenvalue weighted by molar-refractivity contribution is -0.255. The molecule has 94 valence electrons. The molecule has 0 N–H and O–H groups in total. The van der Waals surface area contributed by atoms with Crippen LogP contribution in [0.3, 0.4) is 0 Å². The fraction of sp³-hybridized carbons (Fsp3) is 0.0909. The summed E-state index contributed by atoms with van der Waals surface area (Å²) in [7, 11) is 0. The Hall–Kier alpha value is -2.31. The molecule has 1 heterocycles. The molecule has 0 spiro atoms. The molecule has 18 heavy (non-hydrogen) atoms. The minimum absolute atomic E-state index is 0.0537. The number of aromatic carboxylic acids is 1. The molecular formula is C11H6F3N2O2-. The highest BCUT2D eigenvalue weighted by Gasteiger charge is 2.33. The van der Waals surface area contributed by atoms with Crippen molar-refractivity contribution in [3.05, 3.63) is 47.8 Å². The molecule has 0 atom stereocenters. The third-order valence-corrected chi connectivity index (χ3v) is 2.25. The van der Waals surface area contributed by atoms with E-state index in [0.29, 0.717) is 5.69 Å². The van der Waals surface area contributed by atoms with E-state index in [1.807, 2.05) is 0 Å². The Kier molecular flexibility index (Phi) is 2.82. The lowest BCUT2D eigenvalue weighted by Crippen LogP contribution is -2.22. The molecule has 0 saturated heterocycles. The van der Waals surface area contributed by atoms with E-state index in [1.165, 1.54) is 24.3 Å². The summed E-state index contributed by atoms with van der Waals surface area (Å²) in [4.78, 5) is 10.5. The number of hydrogen-bond acceptors (Lipinski definition) is 3. The van der Waals surface area contributed by atoms with Crippen molar-refractivity contribution in [2.45, 2.75) is 6.18 Å². The zero-order valence-corrected chi connectivity index (χ0v) is 8.81. The number of carbonyl (C=O) groups excluding carboxylic acids is 1. The lowest BCUT2D eigenvalue weighted by Gasteiger charge is -2.05. The zero-order valence-electron chi connectivity index (χ0n) is 8.81. The highest BCUT2D eigenvalue weighted by molar-refractivity contribution is 5.85. The summed E-state index contributed by atoms with van der Waals surface area (Å²) < 4.78 is 38.0. The average molecular weight is 255 g/mol. The number of alkyl halides is 3. The molecule has 1 aromatic carbocycles. The van der Waals surface area contributed by atoms with Gasteiger partial charge in [0.25, 0.3) is 0 Å². The van der Waals surface area contributed by atoms with Crippen LogP contribution in [0, 0.1) is 0 Å². The topological polar surface area (TPSA) is 57.9 Å². The highest BCUT2D eigenvalue weighted by Crippen LogP contribution is 2.27. The van der Waals surface area contributed by atoms with Gasteiger partial charge in [0, 0.05) is 6.20 Å². The normalized spacial score (nSPS) is 11.5. The second kappa shape index (κ2) is 4.17. The number of carboxylic acid groups (broad SMARTS) is 1. The maximum Gasteiger partial charge on any atom is 0.435 e. The van der Waals surface area contributed by atoms with E-state index in [-0.39, 0.29) is 5.56 Å². The van der Waals surface area contributed by atoms with E-state index in [4.69, 9.17) is 0 Å². The van der Waals surface area contributed by atoms with Gasteiger partial charge in [0.2, 0.25) is 0 Å². The van der Waals surface area contributed by atoms with Crippen LogP contribution in [0.4, 0.5) is 13.2 Å². The molecule has 4 nitrogen and oxygen atoms in total. The molecule has 0 radical (unpaired) electrons. The summed E-state index contributed by atoms with van der Waals surface area (Å²) in [6.45, 7) is 0. The van der Waals surface area contributed by atoms with Gasteiger partial charge in [-0.3, -0.25) is 0 Å². The molecule has 0 fully saturated rings. The van der Waals surface area contributed by atoms with E-state index >= 15 is 0 Å². The van der Waals surface area contributed by atoms with Crippen LogP contribution in [-0.4, -0.2) is 15.7 Å². The number of carboxylic acids is 1. The fourth-order valence-electron chi connectivity index (χ4n) is 1.37. The predicted octanol–water partition coefficient (Wildman–Crippen LogP) is 1.25. The van der Waals surface area contributed by atoms with Crippen LogP contribution in [0.2, 0.25) is 0 Å². The van der Waals surface area contributed by atoms with Gasteiger partial charge in [0.05, 0.1) is 11.7 Å². The molecule has 0 saturated carbocycles. The van der Waals surface area contributed by atoms with Crippen molar-refractivity contribution in [2.24, 2.45) is 0 Å². The van der Waals surface area contributed by atoms with Gasteiger partial charge in [-0.15, -0.1) is 0 Å². The lowest BCUT2D eigenvalue weighted by atomic mass is 10.2. The Balaban J connectivity index is 2.32. The molecule has 0 amide bonds. The van der Waals surface area contributed by atoms with Crippen LogP contribution in [0.1, 0.15) is 16.1 Å². The number of aromatic nitrogens is 2. The average Bonchev–Trinajstić information content (AvgIpc) is 2.78. The smallest absolute Gasteiger partial charge is 0.435 e. The Morgan fingerprint density at radius 3 is 2.22 bits per heavy atom. The van der Waals surface area contributed by atoms with Crippen LogP contribution in [0.15, 0.2) is 36.5 Å². The SMILES string of the molecule is O=C([O-])c1ccc(-n2ccc(C(F)(F)F)n2)cc1. The van der Waals surface area contributed by atoms with Crippen LogP contribution < -0.4 is 5.11 Å².